The van der Waals surface area contributed by atoms with E-state index in [1.165, 1.54) is 70.6 Å². The summed E-state index contributed by atoms with van der Waals surface area (Å²) in [7, 11) is 0. The zero-order valence-electron chi connectivity index (χ0n) is 19.3. The molecule has 1 heteroatoms. The summed E-state index contributed by atoms with van der Waals surface area (Å²) >= 11 is 2.96. The first-order chi connectivity index (χ1) is 13.3. The van der Waals surface area contributed by atoms with Crippen molar-refractivity contribution in [2.75, 3.05) is 0 Å². The van der Waals surface area contributed by atoms with Crippen LogP contribution < -0.4 is 0 Å². The second kappa shape index (κ2) is 8.07. The molecule has 8 atom stereocenters. The third kappa shape index (κ3) is 3.60. The third-order valence-electron chi connectivity index (χ3n) is 10.3. The van der Waals surface area contributed by atoms with E-state index in [0.717, 1.165) is 40.3 Å². The van der Waals surface area contributed by atoms with Gasteiger partial charge in [0.15, 0.2) is 0 Å². The Labute approximate surface area is 183 Å². The topological polar surface area (TPSA) is 0 Å². The molecule has 0 bridgehead atoms. The van der Waals surface area contributed by atoms with Gasteiger partial charge >= 0.3 is 158 Å². The normalized spacial score (nSPS) is 46.5. The van der Waals surface area contributed by atoms with Crippen LogP contribution in [0.25, 0.3) is 0 Å². The van der Waals surface area contributed by atoms with E-state index in [0.29, 0.717) is 10.8 Å². The van der Waals surface area contributed by atoms with E-state index >= 15 is 0 Å². The Morgan fingerprint density at radius 1 is 1.00 bits per heavy atom. The Morgan fingerprint density at radius 2 is 1.79 bits per heavy atom. The van der Waals surface area contributed by atoms with Crippen molar-refractivity contribution >= 4 is 16.0 Å². The summed E-state index contributed by atoms with van der Waals surface area (Å²) in [6.07, 6.45) is 18.8. The van der Waals surface area contributed by atoms with Gasteiger partial charge in [0.1, 0.15) is 0 Å². The number of fused-ring (bicyclic) bond motifs is 5. The summed E-state index contributed by atoms with van der Waals surface area (Å²) in [4.78, 5) is 0.861. The standard InChI is InChI=1S/C27H46Se/c1-18(2)7-6-8-19(3)23-11-12-24-22-10-9-20-17-21(28)13-15-26(20,4)25(22)14-16-27(23,24)5/h9,18-19,21-25,28H,6-8,10-17H2,1-5H3/t19-,21+,22+,23-,24+,25+,26+,27-/m1/s1. The predicted octanol–water partition coefficient (Wildman–Crippen LogP) is 7.72. The van der Waals surface area contributed by atoms with Crippen molar-refractivity contribution in [3.63, 3.8) is 0 Å². The molecule has 3 fully saturated rings. The molecule has 0 heterocycles. The fourth-order valence-electron chi connectivity index (χ4n) is 8.67. The molecule has 28 heavy (non-hydrogen) atoms. The summed E-state index contributed by atoms with van der Waals surface area (Å²) in [5.74, 6) is 5.78. The van der Waals surface area contributed by atoms with Gasteiger partial charge in [0, 0.05) is 0 Å². The van der Waals surface area contributed by atoms with Crippen LogP contribution in [0.5, 0.6) is 0 Å². The molecule has 0 aliphatic heterocycles. The number of hydrogen-bond acceptors (Lipinski definition) is 0. The Hall–Kier alpha value is 0.259. The molecule has 0 unspecified atom stereocenters. The van der Waals surface area contributed by atoms with Crippen LogP contribution in [0.1, 0.15) is 105 Å². The molecule has 4 rings (SSSR count). The molecule has 3 saturated carbocycles. The number of rotatable bonds is 5. The molecule has 0 nitrogen and oxygen atoms in total. The van der Waals surface area contributed by atoms with Gasteiger partial charge in [-0.15, -0.1) is 0 Å². The number of hydrogen-bond donors (Lipinski definition) is 0. The van der Waals surface area contributed by atoms with Crippen LogP contribution in [0.3, 0.4) is 0 Å². The zero-order valence-corrected chi connectivity index (χ0v) is 21.2. The molecule has 0 spiro atoms. The number of allylic oxidation sites excluding steroid dienone is 2. The van der Waals surface area contributed by atoms with Crippen molar-refractivity contribution in [3.8, 4) is 0 Å². The molecular weight excluding hydrogens is 403 g/mol. The molecule has 0 amide bonds. The van der Waals surface area contributed by atoms with Crippen molar-refractivity contribution in [3.05, 3.63) is 11.6 Å². The van der Waals surface area contributed by atoms with E-state index in [1.807, 2.05) is 5.57 Å². The molecule has 0 radical (unpaired) electrons. The molecule has 0 saturated heterocycles. The molecule has 4 aliphatic rings. The van der Waals surface area contributed by atoms with E-state index in [-0.39, 0.29) is 0 Å². The monoisotopic (exact) mass is 450 g/mol. The van der Waals surface area contributed by atoms with E-state index in [2.05, 4.69) is 56.7 Å². The third-order valence-corrected chi connectivity index (χ3v) is 11.2. The molecular formula is C27H46Se. The predicted molar refractivity (Wildman–Crippen MR) is 124 cm³/mol. The van der Waals surface area contributed by atoms with Gasteiger partial charge in [-0.3, -0.25) is 0 Å². The Morgan fingerprint density at radius 3 is 2.54 bits per heavy atom. The van der Waals surface area contributed by atoms with Gasteiger partial charge in [0.25, 0.3) is 0 Å². The molecule has 0 N–H and O–H groups in total. The van der Waals surface area contributed by atoms with Crippen LogP contribution in [-0.2, 0) is 0 Å². The van der Waals surface area contributed by atoms with Crippen LogP contribution in [0.2, 0.25) is 4.82 Å². The van der Waals surface area contributed by atoms with Crippen LogP contribution >= 0.6 is 0 Å². The van der Waals surface area contributed by atoms with Gasteiger partial charge in [-0.25, -0.2) is 0 Å². The first-order valence-corrected chi connectivity index (χ1v) is 13.7. The van der Waals surface area contributed by atoms with Gasteiger partial charge in [0.05, 0.1) is 0 Å². The van der Waals surface area contributed by atoms with Gasteiger partial charge < -0.3 is 0 Å². The van der Waals surface area contributed by atoms with Crippen LogP contribution in [0.4, 0.5) is 0 Å². The summed E-state index contributed by atoms with van der Waals surface area (Å²) in [6.45, 7) is 12.8. The molecule has 0 aromatic heterocycles. The molecule has 160 valence electrons. The zero-order chi connectivity index (χ0) is 20.1. The quantitative estimate of drug-likeness (QED) is 0.298. The van der Waals surface area contributed by atoms with E-state index in [9.17, 15) is 0 Å². The Balaban J connectivity index is 1.49. The maximum atomic E-state index is 2.96. The van der Waals surface area contributed by atoms with Crippen LogP contribution in [0, 0.1) is 46.3 Å². The van der Waals surface area contributed by atoms with E-state index < -0.39 is 0 Å². The van der Waals surface area contributed by atoms with E-state index in [4.69, 9.17) is 0 Å². The van der Waals surface area contributed by atoms with Gasteiger partial charge in [0.2, 0.25) is 0 Å². The summed E-state index contributed by atoms with van der Waals surface area (Å²) in [5.41, 5.74) is 3.03. The fourth-order valence-corrected chi connectivity index (χ4v) is 9.35. The second-order valence-electron chi connectivity index (χ2n) is 12.2. The minimum atomic E-state index is 0.543. The minimum absolute atomic E-state index is 0.543. The SMILES string of the molecule is CC(C)CCC[C@@H](C)[C@H]1CC[C@H]2[C@@H]3CC=C4C[C@@H]([SeH])CC[C@]4(C)[C@H]3CC[C@]12C. The average Bonchev–Trinajstić information content (AvgIpc) is 2.99. The summed E-state index contributed by atoms with van der Waals surface area (Å²) < 4.78 is 0. The molecule has 4 aliphatic carbocycles. The molecule has 0 aromatic carbocycles. The summed E-state index contributed by atoms with van der Waals surface area (Å²) in [5, 5.41) is 0. The second-order valence-corrected chi connectivity index (χ2v) is 13.7. The molecule has 0 aromatic rings. The van der Waals surface area contributed by atoms with Gasteiger partial charge in [-0.2, -0.15) is 0 Å². The van der Waals surface area contributed by atoms with Gasteiger partial charge in [-0.1, -0.05) is 20.3 Å². The van der Waals surface area contributed by atoms with Gasteiger partial charge in [-0.05, 0) is 5.92 Å². The van der Waals surface area contributed by atoms with Crippen molar-refractivity contribution < 1.29 is 0 Å². The maximum absolute atomic E-state index is 2.96. The average molecular weight is 450 g/mol. The summed E-state index contributed by atoms with van der Waals surface area (Å²) in [6, 6.07) is 0. The first-order valence-electron chi connectivity index (χ1n) is 12.6. The van der Waals surface area contributed by atoms with Crippen LogP contribution in [0.15, 0.2) is 11.6 Å². The van der Waals surface area contributed by atoms with E-state index in [1.54, 1.807) is 0 Å². The van der Waals surface area contributed by atoms with Crippen molar-refractivity contribution in [2.24, 2.45) is 46.3 Å². The fraction of sp³-hybridized carbons (Fsp3) is 0.926. The van der Waals surface area contributed by atoms with Crippen molar-refractivity contribution in [1.29, 1.82) is 0 Å². The Kier molecular flexibility index (Phi) is 6.19. The van der Waals surface area contributed by atoms with Crippen molar-refractivity contribution in [1.82, 2.24) is 0 Å². The first kappa shape index (κ1) is 21.5. The van der Waals surface area contributed by atoms with Crippen molar-refractivity contribution in [2.45, 2.75) is 110 Å². The van der Waals surface area contributed by atoms with Crippen LogP contribution in [-0.4, -0.2) is 16.0 Å². The Bertz CT molecular complexity index is 591.